The molecular formula is C51H82Cl2N6O11S. The van der Waals surface area contributed by atoms with E-state index in [9.17, 15) is 24.0 Å². The number of rotatable bonds is 36. The molecule has 1 fully saturated rings. The number of thiazole rings is 1. The molecule has 71 heavy (non-hydrogen) atoms. The topological polar surface area (TPSA) is 187 Å². The largest absolute Gasteiger partial charge is 0.379 e. The highest BCUT2D eigenvalue weighted by Gasteiger charge is 2.43. The van der Waals surface area contributed by atoms with Gasteiger partial charge in [0.2, 0.25) is 28.9 Å². The lowest BCUT2D eigenvalue weighted by molar-refractivity contribution is -0.148. The van der Waals surface area contributed by atoms with E-state index < -0.39 is 41.5 Å². The molecular weight excluding hydrogens is 976 g/mol. The molecule has 3 rings (SSSR count). The number of likely N-dealkylation sites (tertiary alicyclic amines) is 1. The second kappa shape index (κ2) is 33.5. The van der Waals surface area contributed by atoms with Crippen LogP contribution in [-0.4, -0.2) is 172 Å². The van der Waals surface area contributed by atoms with Gasteiger partial charge in [0.15, 0.2) is 0 Å². The Morgan fingerprint density at radius 1 is 0.845 bits per heavy atom. The SMILES string of the molecule is CC[C@H](C)[C@@H]([C@@H](CC(=O)N1CCC[C@H]1[C@H](OC)[C@@H](C)C(=O)N[C@@H](Cc1ccccc1)c1nccs1)OC)N(C)C(=O)[C@@H](NC(=O)[C@H](C(C)C)N(Cl)CCOCCOCCOCCOCCC(=O)Cl)C(C)C. The summed E-state index contributed by atoms with van der Waals surface area (Å²) in [4.78, 5) is 75.8. The maximum absolute atomic E-state index is 14.6. The Kier molecular flexibility index (Phi) is 29.3. The molecule has 1 aromatic heterocycles. The van der Waals surface area contributed by atoms with Crippen LogP contribution in [0.5, 0.6) is 0 Å². The number of hydrogen-bond donors (Lipinski definition) is 2. The molecule has 402 valence electrons. The van der Waals surface area contributed by atoms with E-state index in [2.05, 4.69) is 15.6 Å². The summed E-state index contributed by atoms with van der Waals surface area (Å²) in [5.74, 6) is -2.19. The molecule has 2 heterocycles. The van der Waals surface area contributed by atoms with Crippen LogP contribution in [0, 0.1) is 23.7 Å². The van der Waals surface area contributed by atoms with E-state index in [0.29, 0.717) is 65.4 Å². The molecule has 0 aliphatic carbocycles. The van der Waals surface area contributed by atoms with E-state index in [1.54, 1.807) is 32.4 Å². The zero-order chi connectivity index (χ0) is 52.5. The zero-order valence-corrected chi connectivity index (χ0v) is 46.0. The van der Waals surface area contributed by atoms with Gasteiger partial charge in [0.05, 0.1) is 95.5 Å². The van der Waals surface area contributed by atoms with Crippen molar-refractivity contribution in [3.63, 3.8) is 0 Å². The highest BCUT2D eigenvalue weighted by molar-refractivity contribution is 7.09. The van der Waals surface area contributed by atoms with Crippen LogP contribution in [0.15, 0.2) is 41.9 Å². The van der Waals surface area contributed by atoms with Crippen LogP contribution < -0.4 is 10.6 Å². The number of halogens is 2. The van der Waals surface area contributed by atoms with Crippen molar-refractivity contribution in [1.29, 1.82) is 0 Å². The Labute approximate surface area is 436 Å². The summed E-state index contributed by atoms with van der Waals surface area (Å²) in [6, 6.07) is 7.10. The van der Waals surface area contributed by atoms with E-state index in [-0.39, 0.29) is 86.1 Å². The summed E-state index contributed by atoms with van der Waals surface area (Å²) >= 11 is 13.5. The molecule has 0 radical (unpaired) electrons. The predicted molar refractivity (Wildman–Crippen MR) is 276 cm³/mol. The molecule has 2 aromatic rings. The summed E-state index contributed by atoms with van der Waals surface area (Å²) in [7, 11) is 4.85. The fourth-order valence-corrected chi connectivity index (χ4v) is 10.1. The standard InChI is InChI=1S/C51H82Cl2N6O11S/c1-11-36(6)46(57(8)51(64)44(34(2)3)56-49(63)45(35(4)5)59(53)22-24-68-26-28-70-30-29-69-27-25-67-23-19-42(52)60)41(65-9)33-43(61)58-21-15-18-40(58)47(66-10)37(7)48(62)55-39(50-54-20-31-71-50)32-38-16-13-12-14-17-38/h12-14,16-17,20,31,34-37,39-41,44-47H,11,15,18-19,21-30,32-33H2,1-10H3,(H,55,62)(H,56,63)/t36-,37+,39-,40-,41+,44-,45-,46-,47+/m0/s1. The van der Waals surface area contributed by atoms with Crippen LogP contribution in [0.4, 0.5) is 0 Å². The number of benzene rings is 1. The van der Waals surface area contributed by atoms with Crippen molar-refractivity contribution in [2.75, 3.05) is 87.2 Å². The minimum Gasteiger partial charge on any atom is -0.379 e. The van der Waals surface area contributed by atoms with Crippen molar-refractivity contribution < 1.29 is 52.4 Å². The van der Waals surface area contributed by atoms with Crippen LogP contribution in [0.25, 0.3) is 0 Å². The number of nitrogens with zero attached hydrogens (tertiary/aromatic N) is 4. The molecule has 4 amide bonds. The van der Waals surface area contributed by atoms with Gasteiger partial charge in [-0.2, -0.15) is 0 Å². The lowest BCUT2D eigenvalue weighted by Gasteiger charge is -2.41. The highest BCUT2D eigenvalue weighted by atomic mass is 35.5. The van der Waals surface area contributed by atoms with Gasteiger partial charge >= 0.3 is 0 Å². The van der Waals surface area contributed by atoms with Gasteiger partial charge in [-0.1, -0.05) is 85.2 Å². The van der Waals surface area contributed by atoms with Gasteiger partial charge in [0.1, 0.15) is 17.1 Å². The monoisotopic (exact) mass is 1060 g/mol. The number of amides is 4. The molecule has 1 saturated heterocycles. The van der Waals surface area contributed by atoms with E-state index in [0.717, 1.165) is 17.0 Å². The first-order valence-corrected chi connectivity index (χ1v) is 26.6. The van der Waals surface area contributed by atoms with E-state index >= 15 is 0 Å². The van der Waals surface area contributed by atoms with Crippen molar-refractivity contribution in [2.45, 2.75) is 129 Å². The molecule has 1 aliphatic rings. The third-order valence-corrected chi connectivity index (χ3v) is 14.5. The molecule has 0 bridgehead atoms. The molecule has 1 aliphatic heterocycles. The van der Waals surface area contributed by atoms with Crippen LogP contribution in [0.3, 0.4) is 0 Å². The van der Waals surface area contributed by atoms with Gasteiger partial charge in [-0.15, -0.1) is 11.3 Å². The predicted octanol–water partition coefficient (Wildman–Crippen LogP) is 6.31. The number of likely N-dealkylation sites (N-methyl/N-ethyl adjacent to an activating group) is 1. The third kappa shape index (κ3) is 20.5. The summed E-state index contributed by atoms with van der Waals surface area (Å²) in [6.07, 6.45) is 3.32. The average molecular weight is 1060 g/mol. The maximum Gasteiger partial charge on any atom is 0.245 e. The lowest BCUT2D eigenvalue weighted by atomic mass is 9.89. The van der Waals surface area contributed by atoms with Gasteiger partial charge in [0.25, 0.3) is 0 Å². The average Bonchev–Trinajstić information content (AvgIpc) is 4.07. The number of carbonyl (C=O) groups is 5. The van der Waals surface area contributed by atoms with Gasteiger partial charge in [-0.3, -0.25) is 24.0 Å². The number of aromatic nitrogens is 1. The minimum absolute atomic E-state index is 0.00471. The normalized spacial score (nSPS) is 17.4. The van der Waals surface area contributed by atoms with E-state index in [1.807, 2.05) is 89.1 Å². The smallest absolute Gasteiger partial charge is 0.245 e. The highest BCUT2D eigenvalue weighted by Crippen LogP contribution is 2.31. The van der Waals surface area contributed by atoms with Gasteiger partial charge < -0.3 is 48.9 Å². The second-order valence-electron chi connectivity index (χ2n) is 18.8. The maximum atomic E-state index is 14.6. The number of hydrogen-bond acceptors (Lipinski definition) is 14. The summed E-state index contributed by atoms with van der Waals surface area (Å²) in [5, 5.41) is 8.52. The molecule has 0 spiro atoms. The van der Waals surface area contributed by atoms with E-state index in [1.165, 1.54) is 15.8 Å². The molecule has 0 saturated carbocycles. The fraction of sp³-hybridized carbons (Fsp3) is 0.725. The third-order valence-electron chi connectivity index (χ3n) is 13.0. The Morgan fingerprint density at radius 2 is 1.46 bits per heavy atom. The van der Waals surface area contributed by atoms with Gasteiger partial charge in [-0.25, -0.2) is 9.40 Å². The fourth-order valence-electron chi connectivity index (χ4n) is 9.00. The number of nitrogens with one attached hydrogen (secondary N) is 2. The second-order valence-corrected chi connectivity index (χ2v) is 20.6. The Morgan fingerprint density at radius 3 is 2.00 bits per heavy atom. The van der Waals surface area contributed by atoms with Crippen molar-refractivity contribution in [1.82, 2.24) is 29.8 Å². The van der Waals surface area contributed by atoms with Crippen LogP contribution >= 0.6 is 34.7 Å². The van der Waals surface area contributed by atoms with Crippen LogP contribution in [0.2, 0.25) is 0 Å². The lowest BCUT2D eigenvalue weighted by Crippen LogP contribution is -2.59. The summed E-state index contributed by atoms with van der Waals surface area (Å²) in [6.45, 7) is 16.8. The van der Waals surface area contributed by atoms with E-state index in [4.69, 9.17) is 51.8 Å². The first-order chi connectivity index (χ1) is 34.0. The first kappa shape index (κ1) is 62.0. The van der Waals surface area contributed by atoms with Crippen molar-refractivity contribution in [2.24, 2.45) is 23.7 Å². The number of ether oxygens (including phenoxy) is 6. The quantitative estimate of drug-likeness (QED) is 0.0440. The Hall–Kier alpha value is -3.30. The molecule has 20 heteroatoms. The molecule has 17 nitrogen and oxygen atoms in total. The number of carbonyl (C=O) groups excluding carboxylic acids is 5. The molecule has 1 aromatic carbocycles. The van der Waals surface area contributed by atoms with Crippen molar-refractivity contribution in [3.8, 4) is 0 Å². The minimum atomic E-state index is -0.897. The van der Waals surface area contributed by atoms with Gasteiger partial charge in [0, 0.05) is 52.4 Å². The number of methoxy groups -OCH3 is 2. The van der Waals surface area contributed by atoms with Crippen molar-refractivity contribution in [3.05, 3.63) is 52.5 Å². The molecule has 0 unspecified atom stereocenters. The molecule has 2 N–H and O–H groups in total. The van der Waals surface area contributed by atoms with Crippen LogP contribution in [0.1, 0.15) is 97.2 Å². The molecule has 9 atom stereocenters. The van der Waals surface area contributed by atoms with Crippen molar-refractivity contribution >= 4 is 63.6 Å². The Balaban J connectivity index is 1.61. The summed E-state index contributed by atoms with van der Waals surface area (Å²) < 4.78 is 35.5. The Bertz CT molecular complexity index is 1850. The summed E-state index contributed by atoms with van der Waals surface area (Å²) in [5.41, 5.74) is 1.08. The van der Waals surface area contributed by atoms with Gasteiger partial charge in [-0.05, 0) is 66.0 Å². The van der Waals surface area contributed by atoms with Crippen LogP contribution in [-0.2, 0) is 58.8 Å². The first-order valence-electron chi connectivity index (χ1n) is 25.0. The zero-order valence-electron chi connectivity index (χ0n) is 43.6.